The number of sulfone groups is 1. The van der Waals surface area contributed by atoms with Crippen molar-refractivity contribution in [2.75, 3.05) is 5.32 Å². The molecule has 0 atom stereocenters. The molecule has 30 heavy (non-hydrogen) atoms. The van der Waals surface area contributed by atoms with E-state index in [0.717, 1.165) is 29.8 Å². The fraction of sp³-hybridized carbons (Fsp3) is 0.182. The van der Waals surface area contributed by atoms with Crippen molar-refractivity contribution < 1.29 is 13.2 Å². The summed E-state index contributed by atoms with van der Waals surface area (Å²) in [4.78, 5) is 16.3. The minimum atomic E-state index is -3.48. The lowest BCUT2D eigenvalue weighted by molar-refractivity contribution is 0.251. The molecule has 0 fully saturated rings. The summed E-state index contributed by atoms with van der Waals surface area (Å²) in [6.07, 6.45) is 3.35. The van der Waals surface area contributed by atoms with E-state index in [0.29, 0.717) is 12.2 Å². The Balaban J connectivity index is 1.36. The van der Waals surface area contributed by atoms with Crippen molar-refractivity contribution in [2.24, 2.45) is 0 Å². The summed E-state index contributed by atoms with van der Waals surface area (Å²) < 4.78 is 25.5. The third-order valence-electron chi connectivity index (χ3n) is 4.91. The standard InChI is InChI=1S/C22H22N4O3S/c27-22(25-12-17-2-1-9-23-11-17)26-20-5-7-21(8-6-20)30(28,29)15-16-3-4-18-13-24-14-19(18)10-16/h1-11,24H,12-15H2,(H2,25,26,27). The monoisotopic (exact) mass is 422 g/mol. The molecule has 2 aromatic carbocycles. The highest BCUT2D eigenvalue weighted by Crippen LogP contribution is 2.22. The van der Waals surface area contributed by atoms with Crippen LogP contribution in [0.1, 0.15) is 22.3 Å². The van der Waals surface area contributed by atoms with Gasteiger partial charge in [0, 0.05) is 37.7 Å². The molecule has 0 saturated carbocycles. The number of carbonyl (C=O) groups excluding carboxylic acids is 1. The highest BCUT2D eigenvalue weighted by atomic mass is 32.2. The molecule has 0 spiro atoms. The van der Waals surface area contributed by atoms with Crippen molar-refractivity contribution in [3.63, 3.8) is 0 Å². The molecule has 0 radical (unpaired) electrons. The Bertz CT molecular complexity index is 1150. The van der Waals surface area contributed by atoms with Crippen molar-refractivity contribution in [1.29, 1.82) is 0 Å². The second-order valence-electron chi connectivity index (χ2n) is 7.16. The Morgan fingerprint density at radius 3 is 2.57 bits per heavy atom. The average molecular weight is 423 g/mol. The fourth-order valence-electron chi connectivity index (χ4n) is 3.35. The minimum absolute atomic E-state index is 0.0569. The molecule has 1 aliphatic rings. The van der Waals surface area contributed by atoms with Gasteiger partial charge in [-0.3, -0.25) is 4.98 Å². The van der Waals surface area contributed by atoms with E-state index in [9.17, 15) is 13.2 Å². The second-order valence-corrected chi connectivity index (χ2v) is 9.15. The highest BCUT2D eigenvalue weighted by molar-refractivity contribution is 7.90. The van der Waals surface area contributed by atoms with E-state index in [1.54, 1.807) is 30.6 Å². The molecule has 0 saturated heterocycles. The van der Waals surface area contributed by atoms with Gasteiger partial charge in [0.1, 0.15) is 0 Å². The first-order chi connectivity index (χ1) is 14.5. The van der Waals surface area contributed by atoms with Gasteiger partial charge >= 0.3 is 6.03 Å². The number of hydrogen-bond donors (Lipinski definition) is 3. The Labute approximate surface area is 175 Å². The van der Waals surface area contributed by atoms with Crippen molar-refractivity contribution in [3.05, 3.63) is 89.2 Å². The van der Waals surface area contributed by atoms with Crippen LogP contribution >= 0.6 is 0 Å². The molecule has 7 nitrogen and oxygen atoms in total. The van der Waals surface area contributed by atoms with E-state index in [2.05, 4.69) is 20.9 Å². The lowest BCUT2D eigenvalue weighted by Gasteiger charge is -2.09. The fourth-order valence-corrected chi connectivity index (χ4v) is 4.68. The number of rotatable bonds is 6. The van der Waals surface area contributed by atoms with Crippen molar-refractivity contribution in [3.8, 4) is 0 Å². The number of carbonyl (C=O) groups is 1. The lowest BCUT2D eigenvalue weighted by Crippen LogP contribution is -2.28. The summed E-state index contributed by atoms with van der Waals surface area (Å²) in [6.45, 7) is 1.95. The Kier molecular flexibility index (Phi) is 5.78. The zero-order chi connectivity index (χ0) is 21.0. The van der Waals surface area contributed by atoms with E-state index in [1.165, 1.54) is 17.7 Å². The van der Waals surface area contributed by atoms with Crippen LogP contribution in [-0.4, -0.2) is 19.4 Å². The van der Waals surface area contributed by atoms with E-state index in [-0.39, 0.29) is 16.7 Å². The summed E-state index contributed by atoms with van der Waals surface area (Å²) in [7, 11) is -3.48. The maximum absolute atomic E-state index is 12.8. The molecule has 0 bridgehead atoms. The van der Waals surface area contributed by atoms with Crippen LogP contribution in [0.4, 0.5) is 10.5 Å². The van der Waals surface area contributed by atoms with Crippen LogP contribution in [0, 0.1) is 0 Å². The van der Waals surface area contributed by atoms with Crippen LogP contribution in [0.2, 0.25) is 0 Å². The number of pyridine rings is 1. The zero-order valence-electron chi connectivity index (χ0n) is 16.3. The minimum Gasteiger partial charge on any atom is -0.334 e. The first-order valence-electron chi connectivity index (χ1n) is 9.57. The maximum atomic E-state index is 12.8. The molecule has 3 aromatic rings. The largest absolute Gasteiger partial charge is 0.334 e. The summed E-state index contributed by atoms with van der Waals surface area (Å²) in [5, 5.41) is 8.69. The summed E-state index contributed by atoms with van der Waals surface area (Å²) >= 11 is 0. The van der Waals surface area contributed by atoms with E-state index in [4.69, 9.17) is 0 Å². The van der Waals surface area contributed by atoms with E-state index in [1.807, 2.05) is 24.3 Å². The van der Waals surface area contributed by atoms with Crippen LogP contribution < -0.4 is 16.0 Å². The normalized spacial score (nSPS) is 12.9. The molecule has 4 rings (SSSR count). The van der Waals surface area contributed by atoms with Gasteiger partial charge in [-0.25, -0.2) is 13.2 Å². The Morgan fingerprint density at radius 1 is 1.00 bits per heavy atom. The van der Waals surface area contributed by atoms with Gasteiger partial charge in [0.25, 0.3) is 0 Å². The predicted octanol–water partition coefficient (Wildman–Crippen LogP) is 2.98. The molecule has 0 unspecified atom stereocenters. The SMILES string of the molecule is O=C(NCc1cccnc1)Nc1ccc(S(=O)(=O)Cc2ccc3c(c2)CNC3)cc1. The van der Waals surface area contributed by atoms with Crippen LogP contribution in [0.5, 0.6) is 0 Å². The quantitative estimate of drug-likeness (QED) is 0.567. The number of hydrogen-bond acceptors (Lipinski definition) is 5. The predicted molar refractivity (Wildman–Crippen MR) is 114 cm³/mol. The van der Waals surface area contributed by atoms with Gasteiger partial charge in [0.15, 0.2) is 9.84 Å². The van der Waals surface area contributed by atoms with Gasteiger partial charge in [0.05, 0.1) is 10.6 Å². The summed E-state index contributed by atoms with van der Waals surface area (Å²) in [5.74, 6) is -0.0569. The molecule has 0 aliphatic carbocycles. The molecule has 154 valence electrons. The Hall–Kier alpha value is -3.23. The molecule has 2 heterocycles. The van der Waals surface area contributed by atoms with Crippen molar-refractivity contribution >= 4 is 21.6 Å². The first kappa shape index (κ1) is 20.1. The molecular formula is C22H22N4O3S. The summed E-state index contributed by atoms with van der Waals surface area (Å²) in [5.41, 5.74) is 4.54. The zero-order valence-corrected chi connectivity index (χ0v) is 17.1. The number of nitrogens with zero attached hydrogens (tertiary/aromatic N) is 1. The number of amides is 2. The van der Waals surface area contributed by atoms with Crippen LogP contribution in [-0.2, 0) is 35.2 Å². The number of urea groups is 1. The third kappa shape index (κ3) is 4.84. The van der Waals surface area contributed by atoms with Crippen LogP contribution in [0.25, 0.3) is 0 Å². The first-order valence-corrected chi connectivity index (χ1v) is 11.2. The van der Waals surface area contributed by atoms with Crippen molar-refractivity contribution in [2.45, 2.75) is 30.3 Å². The van der Waals surface area contributed by atoms with Gasteiger partial charge in [-0.05, 0) is 52.6 Å². The highest BCUT2D eigenvalue weighted by Gasteiger charge is 2.18. The lowest BCUT2D eigenvalue weighted by atomic mass is 10.1. The number of nitrogens with one attached hydrogen (secondary N) is 3. The van der Waals surface area contributed by atoms with Crippen LogP contribution in [0.3, 0.4) is 0 Å². The van der Waals surface area contributed by atoms with Gasteiger partial charge in [-0.1, -0.05) is 24.3 Å². The maximum Gasteiger partial charge on any atom is 0.319 e. The number of aromatic nitrogens is 1. The number of benzene rings is 2. The molecule has 2 amide bonds. The van der Waals surface area contributed by atoms with Gasteiger partial charge in [-0.2, -0.15) is 0 Å². The van der Waals surface area contributed by atoms with Crippen LogP contribution in [0.15, 0.2) is 71.9 Å². The van der Waals surface area contributed by atoms with E-state index >= 15 is 0 Å². The third-order valence-corrected chi connectivity index (χ3v) is 6.61. The van der Waals surface area contributed by atoms with Gasteiger partial charge in [0.2, 0.25) is 0 Å². The molecule has 8 heteroatoms. The average Bonchev–Trinajstić information content (AvgIpc) is 3.21. The molecule has 1 aliphatic heterocycles. The van der Waals surface area contributed by atoms with Crippen molar-refractivity contribution in [1.82, 2.24) is 15.6 Å². The smallest absolute Gasteiger partial charge is 0.319 e. The Morgan fingerprint density at radius 2 is 1.80 bits per heavy atom. The molecule has 1 aromatic heterocycles. The number of fused-ring (bicyclic) bond motifs is 1. The second kappa shape index (κ2) is 8.64. The van der Waals surface area contributed by atoms with Gasteiger partial charge < -0.3 is 16.0 Å². The van der Waals surface area contributed by atoms with Gasteiger partial charge in [-0.15, -0.1) is 0 Å². The number of anilines is 1. The molecular weight excluding hydrogens is 400 g/mol. The topological polar surface area (TPSA) is 100 Å². The molecule has 3 N–H and O–H groups in total. The van der Waals surface area contributed by atoms with E-state index < -0.39 is 9.84 Å². The summed E-state index contributed by atoms with van der Waals surface area (Å²) in [6, 6.07) is 15.3.